The maximum absolute atomic E-state index is 12.5. The van der Waals surface area contributed by atoms with Crippen LogP contribution >= 0.6 is 11.6 Å². The van der Waals surface area contributed by atoms with Crippen LogP contribution in [-0.2, 0) is 4.79 Å². The van der Waals surface area contributed by atoms with Crippen molar-refractivity contribution in [2.75, 3.05) is 5.32 Å². The molecule has 2 rings (SSSR count). The van der Waals surface area contributed by atoms with Crippen molar-refractivity contribution in [2.45, 2.75) is 26.3 Å². The van der Waals surface area contributed by atoms with Crippen molar-refractivity contribution in [3.05, 3.63) is 55.2 Å². The number of nitro benzene ring substituents is 1. The number of carbonyl (C=O) groups excluding carboxylic acids is 1. The van der Waals surface area contributed by atoms with Gasteiger partial charge in [0.1, 0.15) is 0 Å². The first-order chi connectivity index (χ1) is 11.7. The van der Waals surface area contributed by atoms with Crippen molar-refractivity contribution in [3.63, 3.8) is 0 Å². The highest BCUT2D eigenvalue weighted by Gasteiger charge is 2.27. The standard InChI is InChI=1S/C14H14ClN5O5/c1-3-12(18-8(2)6-13(17-18)20(24)25)14(21)16-11-7-9(19(22)23)4-5-10(11)15/h4-7,12H,3H2,1-2H3,(H,16,21). The van der Waals surface area contributed by atoms with Crippen LogP contribution in [0.15, 0.2) is 24.3 Å². The number of aryl methyl sites for hydroxylation is 1. The number of anilines is 1. The number of benzene rings is 1. The van der Waals surface area contributed by atoms with Crippen LogP contribution in [0.4, 0.5) is 17.2 Å². The molecule has 11 heteroatoms. The lowest BCUT2D eigenvalue weighted by Crippen LogP contribution is -2.27. The maximum atomic E-state index is 12.5. The summed E-state index contributed by atoms with van der Waals surface area (Å²) in [6.45, 7) is 3.31. The minimum absolute atomic E-state index is 0.0821. The fraction of sp³-hybridized carbons (Fsp3) is 0.286. The molecule has 0 bridgehead atoms. The van der Waals surface area contributed by atoms with E-state index in [0.717, 1.165) is 6.07 Å². The molecule has 1 N–H and O–H groups in total. The molecule has 0 spiro atoms. The fourth-order valence-corrected chi connectivity index (χ4v) is 2.45. The Bertz CT molecular complexity index is 850. The Morgan fingerprint density at radius 1 is 1.32 bits per heavy atom. The van der Waals surface area contributed by atoms with Crippen LogP contribution in [0.5, 0.6) is 0 Å². The minimum Gasteiger partial charge on any atom is -0.358 e. The van der Waals surface area contributed by atoms with Gasteiger partial charge in [0.05, 0.1) is 32.5 Å². The van der Waals surface area contributed by atoms with E-state index in [1.165, 1.54) is 22.9 Å². The zero-order valence-corrected chi connectivity index (χ0v) is 14.1. The van der Waals surface area contributed by atoms with E-state index in [2.05, 4.69) is 10.4 Å². The van der Waals surface area contributed by atoms with Crippen molar-refractivity contribution >= 4 is 34.7 Å². The number of non-ortho nitro benzene ring substituents is 1. The number of hydrogen-bond donors (Lipinski definition) is 1. The Balaban J connectivity index is 2.31. The second-order valence-electron chi connectivity index (χ2n) is 5.18. The fourth-order valence-electron chi connectivity index (χ4n) is 2.28. The van der Waals surface area contributed by atoms with Gasteiger partial charge in [-0.25, -0.2) is 0 Å². The molecule has 0 radical (unpaired) electrons. The van der Waals surface area contributed by atoms with Gasteiger partial charge in [-0.3, -0.25) is 14.9 Å². The maximum Gasteiger partial charge on any atom is 0.390 e. The lowest BCUT2D eigenvalue weighted by molar-refractivity contribution is -0.389. The number of carbonyl (C=O) groups is 1. The number of nitrogens with zero attached hydrogens (tertiary/aromatic N) is 4. The molecule has 0 saturated heterocycles. The summed E-state index contributed by atoms with van der Waals surface area (Å²) >= 11 is 5.97. The third kappa shape index (κ3) is 3.91. The van der Waals surface area contributed by atoms with Crippen LogP contribution in [0.1, 0.15) is 25.1 Å². The van der Waals surface area contributed by atoms with E-state index in [0.29, 0.717) is 12.1 Å². The SMILES string of the molecule is CCC(C(=O)Nc1cc([N+](=O)[O-])ccc1Cl)n1nc([N+](=O)[O-])cc1C. The van der Waals surface area contributed by atoms with E-state index in [1.807, 2.05) is 0 Å². The molecular formula is C14H14ClN5O5. The molecule has 0 aliphatic rings. The van der Waals surface area contributed by atoms with Gasteiger partial charge in [0.15, 0.2) is 6.04 Å². The molecule has 1 heterocycles. The highest BCUT2D eigenvalue weighted by atomic mass is 35.5. The average Bonchev–Trinajstić information content (AvgIpc) is 2.92. The molecule has 0 fully saturated rings. The second-order valence-corrected chi connectivity index (χ2v) is 5.59. The summed E-state index contributed by atoms with van der Waals surface area (Å²) in [5, 5.41) is 28.2. The van der Waals surface area contributed by atoms with Crippen LogP contribution in [-0.4, -0.2) is 25.5 Å². The molecule has 10 nitrogen and oxygen atoms in total. The molecule has 1 atom stereocenters. The smallest absolute Gasteiger partial charge is 0.358 e. The van der Waals surface area contributed by atoms with Gasteiger partial charge in [0.25, 0.3) is 11.6 Å². The average molecular weight is 368 g/mol. The summed E-state index contributed by atoms with van der Waals surface area (Å²) in [5.41, 5.74) is 0.302. The van der Waals surface area contributed by atoms with Crippen molar-refractivity contribution < 1.29 is 14.6 Å². The Morgan fingerprint density at radius 2 is 2.00 bits per heavy atom. The van der Waals surface area contributed by atoms with E-state index in [9.17, 15) is 25.0 Å². The van der Waals surface area contributed by atoms with E-state index in [4.69, 9.17) is 11.6 Å². The first-order valence-electron chi connectivity index (χ1n) is 7.20. The molecule has 1 aromatic carbocycles. The molecule has 2 aromatic rings. The molecule has 132 valence electrons. The molecule has 25 heavy (non-hydrogen) atoms. The number of amides is 1. The van der Waals surface area contributed by atoms with Crippen molar-refractivity contribution in [1.82, 2.24) is 9.78 Å². The molecular weight excluding hydrogens is 354 g/mol. The number of nitrogens with one attached hydrogen (secondary N) is 1. The zero-order chi connectivity index (χ0) is 18.7. The Morgan fingerprint density at radius 3 is 2.52 bits per heavy atom. The first kappa shape index (κ1) is 18.3. The van der Waals surface area contributed by atoms with Gasteiger partial charge >= 0.3 is 5.82 Å². The van der Waals surface area contributed by atoms with Gasteiger partial charge in [-0.1, -0.05) is 18.5 Å². The number of hydrogen-bond acceptors (Lipinski definition) is 6. The summed E-state index contributed by atoms with van der Waals surface area (Å²) in [7, 11) is 0. The number of nitro groups is 2. The molecule has 0 aliphatic carbocycles. The van der Waals surface area contributed by atoms with E-state index < -0.39 is 21.8 Å². The van der Waals surface area contributed by atoms with E-state index >= 15 is 0 Å². The largest absolute Gasteiger partial charge is 0.390 e. The summed E-state index contributed by atoms with van der Waals surface area (Å²) in [6, 6.07) is 4.10. The third-order valence-corrected chi connectivity index (χ3v) is 3.83. The van der Waals surface area contributed by atoms with Crippen molar-refractivity contribution in [2.24, 2.45) is 0 Å². The van der Waals surface area contributed by atoms with Crippen LogP contribution in [0.3, 0.4) is 0 Å². The number of aromatic nitrogens is 2. The molecule has 1 aromatic heterocycles. The van der Waals surface area contributed by atoms with E-state index in [1.54, 1.807) is 13.8 Å². The summed E-state index contributed by atoms with van der Waals surface area (Å²) in [6.07, 6.45) is 0.304. The quantitative estimate of drug-likeness (QED) is 0.615. The van der Waals surface area contributed by atoms with Crippen LogP contribution in [0.2, 0.25) is 5.02 Å². The third-order valence-electron chi connectivity index (χ3n) is 3.50. The molecule has 0 saturated carbocycles. The van der Waals surface area contributed by atoms with Crippen molar-refractivity contribution in [3.8, 4) is 0 Å². The summed E-state index contributed by atoms with van der Waals surface area (Å²) < 4.78 is 1.25. The summed E-state index contributed by atoms with van der Waals surface area (Å²) in [5.74, 6) is -0.900. The van der Waals surface area contributed by atoms with Gasteiger partial charge in [-0.05, 0) is 24.3 Å². The van der Waals surface area contributed by atoms with Gasteiger partial charge in [-0.2, -0.15) is 4.68 Å². The predicted octanol–water partition coefficient (Wildman–Crippen LogP) is 3.25. The molecule has 1 amide bonds. The number of rotatable bonds is 6. The lowest BCUT2D eigenvalue weighted by Gasteiger charge is -2.15. The minimum atomic E-state index is -0.830. The first-order valence-corrected chi connectivity index (χ1v) is 7.57. The highest BCUT2D eigenvalue weighted by molar-refractivity contribution is 6.33. The Kier molecular flexibility index (Phi) is 5.32. The summed E-state index contributed by atoms with van der Waals surface area (Å²) in [4.78, 5) is 33.0. The predicted molar refractivity (Wildman–Crippen MR) is 89.7 cm³/mol. The highest BCUT2D eigenvalue weighted by Crippen LogP contribution is 2.28. The van der Waals surface area contributed by atoms with Gasteiger partial charge in [0, 0.05) is 12.1 Å². The van der Waals surface area contributed by atoms with Crippen molar-refractivity contribution in [1.29, 1.82) is 0 Å². The topological polar surface area (TPSA) is 133 Å². The monoisotopic (exact) mass is 367 g/mol. The number of halogens is 1. The van der Waals surface area contributed by atoms with Gasteiger partial charge in [0.2, 0.25) is 0 Å². The lowest BCUT2D eigenvalue weighted by atomic mass is 10.2. The van der Waals surface area contributed by atoms with Gasteiger partial charge < -0.3 is 15.4 Å². The van der Waals surface area contributed by atoms with Crippen LogP contribution in [0.25, 0.3) is 0 Å². The molecule has 1 unspecified atom stereocenters. The Hall–Kier alpha value is -3.01. The van der Waals surface area contributed by atoms with Gasteiger partial charge in [-0.15, -0.1) is 0 Å². The van der Waals surface area contributed by atoms with E-state index in [-0.39, 0.29) is 22.2 Å². The zero-order valence-electron chi connectivity index (χ0n) is 13.3. The van der Waals surface area contributed by atoms with Crippen LogP contribution in [0, 0.1) is 27.2 Å². The molecule has 0 aliphatic heterocycles. The van der Waals surface area contributed by atoms with Crippen LogP contribution < -0.4 is 5.32 Å². The second kappa shape index (κ2) is 7.26. The Labute approximate surface area is 146 Å². The normalized spacial score (nSPS) is 11.8.